The van der Waals surface area contributed by atoms with E-state index in [1.807, 2.05) is 16.8 Å². The molecule has 36 heteroatoms. The molecule has 0 aromatic carbocycles. The molecule has 3 saturated heterocycles. The predicted octanol–water partition coefficient (Wildman–Crippen LogP) is 0.656. The summed E-state index contributed by atoms with van der Waals surface area (Å²) in [6, 6.07) is 7.19. The second-order valence-corrected chi connectivity index (χ2v) is 28.5. The van der Waals surface area contributed by atoms with E-state index in [2.05, 4.69) is 84.2 Å². The van der Waals surface area contributed by atoms with E-state index in [1.165, 1.54) is 74.0 Å². The lowest BCUT2D eigenvalue weighted by Crippen LogP contribution is -2.40. The SMILES string of the molecule is CN1CCN(C)CCN(Cc2occc(=O)c2O)CCN(C)CCN(Cc2occc(=O)c2O)CC1.CN1CCN(C)CCN(Cc2occc(=O)c2O)CCOCCOCCN(Cc2occc(=O)c2O)CCN(C)CC1.O=c1ccoc(CN2CCOCCOCCN(Cc3occc(=O)c3O)CCOCCOCC2)c1O. The number of rotatable bonds is 12. The molecule has 114 heavy (non-hydrogen) atoms. The van der Waals surface area contributed by atoms with Crippen molar-refractivity contribution in [1.29, 1.82) is 0 Å². The van der Waals surface area contributed by atoms with Crippen LogP contribution in [-0.4, -0.2) is 368 Å². The van der Waals surface area contributed by atoms with Crippen molar-refractivity contribution >= 4 is 0 Å². The zero-order valence-corrected chi connectivity index (χ0v) is 67.0. The van der Waals surface area contributed by atoms with Gasteiger partial charge in [0.1, 0.15) is 0 Å². The number of likely N-dealkylation sites (N-methyl/N-ethyl adjacent to an activating group) is 6. The molecule has 9 rings (SSSR count). The second-order valence-electron chi connectivity index (χ2n) is 28.5. The molecule has 636 valence electrons. The van der Waals surface area contributed by atoms with Crippen LogP contribution in [0.2, 0.25) is 0 Å². The fourth-order valence-electron chi connectivity index (χ4n) is 11.9. The summed E-state index contributed by atoms with van der Waals surface area (Å²) in [5.41, 5.74) is -2.75. The molecule has 0 atom stereocenters. The Morgan fingerprint density at radius 3 is 0.500 bits per heavy atom. The summed E-state index contributed by atoms with van der Waals surface area (Å²) in [6.07, 6.45) is 7.78. The van der Waals surface area contributed by atoms with Crippen LogP contribution in [0.25, 0.3) is 0 Å². The van der Waals surface area contributed by atoms with E-state index in [-0.39, 0.29) is 82.1 Å². The topological polar surface area (TPSA) is 397 Å². The van der Waals surface area contributed by atoms with Gasteiger partial charge in [-0.2, -0.15) is 0 Å². The van der Waals surface area contributed by atoms with Crippen molar-refractivity contribution in [1.82, 2.24) is 58.8 Å². The highest BCUT2D eigenvalue weighted by molar-refractivity contribution is 5.26. The third-order valence-electron chi connectivity index (χ3n) is 19.6. The van der Waals surface area contributed by atoms with E-state index in [9.17, 15) is 59.4 Å². The zero-order chi connectivity index (χ0) is 82.0. The first-order valence-electron chi connectivity index (χ1n) is 38.7. The monoisotopic (exact) mass is 1610 g/mol. The lowest BCUT2D eigenvalue weighted by Gasteiger charge is -2.28. The predicted molar refractivity (Wildman–Crippen MR) is 421 cm³/mol. The summed E-state index contributed by atoms with van der Waals surface area (Å²) in [6.45, 7) is 24.8. The van der Waals surface area contributed by atoms with Gasteiger partial charge in [-0.05, 0) is 42.3 Å². The van der Waals surface area contributed by atoms with Crippen LogP contribution in [0.5, 0.6) is 34.5 Å². The fourth-order valence-corrected chi connectivity index (χ4v) is 11.9. The summed E-state index contributed by atoms with van der Waals surface area (Å²) in [4.78, 5) is 96.9. The summed E-state index contributed by atoms with van der Waals surface area (Å²) in [5, 5.41) is 60.6. The van der Waals surface area contributed by atoms with Gasteiger partial charge in [-0.15, -0.1) is 0 Å². The zero-order valence-electron chi connectivity index (χ0n) is 67.0. The van der Waals surface area contributed by atoms with Gasteiger partial charge in [-0.1, -0.05) is 0 Å². The van der Waals surface area contributed by atoms with Gasteiger partial charge in [-0.3, -0.25) is 58.2 Å². The van der Waals surface area contributed by atoms with Crippen molar-refractivity contribution < 1.29 is 85.6 Å². The Hall–Kier alpha value is -8.22. The van der Waals surface area contributed by atoms with E-state index in [1.54, 1.807) is 0 Å². The first-order chi connectivity index (χ1) is 55.0. The Bertz CT molecular complexity index is 3810. The van der Waals surface area contributed by atoms with Gasteiger partial charge >= 0.3 is 0 Å². The molecule has 0 radical (unpaired) electrons. The van der Waals surface area contributed by atoms with E-state index in [0.29, 0.717) is 158 Å². The quantitative estimate of drug-likeness (QED) is 0.0980. The van der Waals surface area contributed by atoms with Crippen LogP contribution in [0.4, 0.5) is 0 Å². The highest BCUT2D eigenvalue weighted by Gasteiger charge is 2.23. The van der Waals surface area contributed by atoms with Crippen LogP contribution in [-0.2, 0) is 67.7 Å². The van der Waals surface area contributed by atoms with Crippen LogP contribution >= 0.6 is 0 Å². The summed E-state index contributed by atoms with van der Waals surface area (Å²) < 4.78 is 66.7. The number of hydrogen-bond donors (Lipinski definition) is 6. The lowest BCUT2D eigenvalue weighted by molar-refractivity contribution is 0.00461. The molecule has 36 nitrogen and oxygen atoms in total. The molecular weight excluding hydrogens is 1490 g/mol. The third kappa shape index (κ3) is 34.7. The molecule has 6 aromatic rings. The summed E-state index contributed by atoms with van der Waals surface area (Å²) in [5.74, 6) is -0.703. The van der Waals surface area contributed by atoms with E-state index in [4.69, 9.17) is 54.9 Å². The van der Waals surface area contributed by atoms with Crippen molar-refractivity contribution in [3.63, 3.8) is 0 Å². The van der Waals surface area contributed by atoms with Crippen LogP contribution in [0.15, 0.2) is 129 Å². The van der Waals surface area contributed by atoms with Crippen LogP contribution in [0.3, 0.4) is 0 Å². The molecule has 0 unspecified atom stereocenters. The maximum atomic E-state index is 11.9. The molecule has 0 amide bonds. The Balaban J connectivity index is 0.000000238. The minimum absolute atomic E-state index is 0.198. The molecule has 3 aliphatic heterocycles. The minimum atomic E-state index is -0.483. The maximum Gasteiger partial charge on any atom is 0.226 e. The lowest BCUT2D eigenvalue weighted by atomic mass is 10.3. The normalized spacial score (nSPS) is 19.6. The van der Waals surface area contributed by atoms with Crippen molar-refractivity contribution in [2.45, 2.75) is 39.3 Å². The van der Waals surface area contributed by atoms with Crippen LogP contribution in [0.1, 0.15) is 34.6 Å². The van der Waals surface area contributed by atoms with Gasteiger partial charge in [0.25, 0.3) is 0 Å². The highest BCUT2D eigenvalue weighted by atomic mass is 16.5. The van der Waals surface area contributed by atoms with Gasteiger partial charge in [0.05, 0.1) is 156 Å². The number of nitrogens with zero attached hydrogens (tertiary/aromatic N) is 12. The largest absolute Gasteiger partial charge is 0.502 e. The molecule has 6 N–H and O–H groups in total. The van der Waals surface area contributed by atoms with E-state index >= 15 is 0 Å². The smallest absolute Gasteiger partial charge is 0.226 e. The van der Waals surface area contributed by atoms with Crippen molar-refractivity contribution in [2.75, 3.05) is 279 Å². The molecular formula is C78H120N12O24. The average molecular weight is 1610 g/mol. The van der Waals surface area contributed by atoms with Gasteiger partial charge < -0.3 is 115 Å². The molecule has 3 fully saturated rings. The number of aromatic hydroxyl groups is 6. The van der Waals surface area contributed by atoms with Crippen molar-refractivity contribution in [3.05, 3.63) is 170 Å². The Labute approximate surface area is 664 Å². The van der Waals surface area contributed by atoms with Gasteiger partial charge in [-0.25, -0.2) is 0 Å². The van der Waals surface area contributed by atoms with Gasteiger partial charge in [0.15, 0.2) is 34.6 Å². The molecule has 0 aliphatic carbocycles. The first kappa shape index (κ1) is 92.9. The Morgan fingerprint density at radius 2 is 0.342 bits per heavy atom. The molecule has 0 bridgehead atoms. The van der Waals surface area contributed by atoms with E-state index < -0.39 is 32.6 Å². The van der Waals surface area contributed by atoms with Crippen molar-refractivity contribution in [2.24, 2.45) is 0 Å². The van der Waals surface area contributed by atoms with Crippen LogP contribution < -0.4 is 32.6 Å². The molecule has 9 heterocycles. The highest BCUT2D eigenvalue weighted by Crippen LogP contribution is 2.20. The maximum absolute atomic E-state index is 11.9. The molecule has 6 aromatic heterocycles. The van der Waals surface area contributed by atoms with Gasteiger partial charge in [0.2, 0.25) is 67.1 Å². The summed E-state index contributed by atoms with van der Waals surface area (Å²) >= 11 is 0. The number of ether oxygens (including phenoxy) is 6. The van der Waals surface area contributed by atoms with Crippen molar-refractivity contribution in [3.8, 4) is 34.5 Å². The summed E-state index contributed by atoms with van der Waals surface area (Å²) in [7, 11) is 12.5. The van der Waals surface area contributed by atoms with Gasteiger partial charge in [0, 0.05) is 193 Å². The standard InChI is InChI=1S/C29H47N5O8.C25H39N5O6.C24H34N2O10/c1-30-6-8-31(2)10-12-33(22-26-28(37)24(35)4-16-41-26)14-18-39-20-21-40-19-15-34(13-11-32(3)9-7-30)23-27-29(38)25(36)5-17-42-27;1-26-6-7-27(2)9-13-30(19-23-25(34)21(32)5-17-36-23)15-11-28(3)10-14-29(12-8-26)18-22-24(33)20(31)4-16-35-22;27-19-1-7-35-21(23(19)29)17-25-3-9-31-13-15-33-11-5-26(6-12-34-16-14-32-10-4-25)18-22-24(30)20(28)2-8-36-22/h4-5,16-17,37-38H,6-15,18-23H2,1-3H3;4-5,16-17,33-34H,6-15,18-19H2,1-3H3;1-2,7-8,29-30H,3-6,9-18H2. The fraction of sp³-hybridized carbons (Fsp3) is 0.615. The Kier molecular flexibility index (Phi) is 42.1. The molecule has 0 spiro atoms. The third-order valence-corrected chi connectivity index (χ3v) is 19.6. The average Bonchev–Trinajstić information content (AvgIpc) is 0.941. The minimum Gasteiger partial charge on any atom is -0.502 e. The molecule has 3 aliphatic rings. The van der Waals surface area contributed by atoms with E-state index in [0.717, 1.165) is 105 Å². The van der Waals surface area contributed by atoms with Crippen LogP contribution in [0, 0.1) is 0 Å². The number of hydrogen-bond acceptors (Lipinski definition) is 36. The first-order valence-corrected chi connectivity index (χ1v) is 38.7. The Morgan fingerprint density at radius 1 is 0.211 bits per heavy atom. The molecule has 0 saturated carbocycles. The second kappa shape index (κ2) is 51.7.